The average molecular weight is 435 g/mol. The Hall–Kier alpha value is -2.99. The van der Waals surface area contributed by atoms with E-state index in [1.165, 1.54) is 4.88 Å². The summed E-state index contributed by atoms with van der Waals surface area (Å²) in [4.78, 5) is 31.4. The Kier molecular flexibility index (Phi) is 6.47. The zero-order valence-electron chi connectivity index (χ0n) is 17.8. The van der Waals surface area contributed by atoms with E-state index in [2.05, 4.69) is 17.5 Å². The monoisotopic (exact) mass is 434 g/mol. The number of hydrogen-bond acceptors (Lipinski definition) is 5. The molecule has 5 nitrogen and oxygen atoms in total. The van der Waals surface area contributed by atoms with Crippen LogP contribution in [0.5, 0.6) is 0 Å². The average Bonchev–Trinajstić information content (AvgIpc) is 3.44. The lowest BCUT2D eigenvalue weighted by Gasteiger charge is -2.15. The largest absolute Gasteiger partial charge is 0.452 e. The molecule has 31 heavy (non-hydrogen) atoms. The molecule has 0 atom stereocenters. The first-order valence-electron chi connectivity index (χ1n) is 10.7. The van der Waals surface area contributed by atoms with Gasteiger partial charge in [-0.3, -0.25) is 4.79 Å². The standard InChI is InChI=1S/C25H26N2O3S/c1-3-17(4-2)26-22(28)15-30-25(29)23-19-9-5-6-10-21(19)27-24-16(11-12-20(23)24)14-18-8-7-13-31-18/h5-10,13-14,17H,3-4,11-12,15H2,1-2H3,(H,26,28). The van der Waals surface area contributed by atoms with Gasteiger partial charge in [0.25, 0.3) is 5.91 Å². The van der Waals surface area contributed by atoms with E-state index in [0.717, 1.165) is 53.4 Å². The van der Waals surface area contributed by atoms with Crippen molar-refractivity contribution in [2.24, 2.45) is 0 Å². The van der Waals surface area contributed by atoms with Gasteiger partial charge in [0.2, 0.25) is 0 Å². The maximum absolute atomic E-state index is 13.1. The Morgan fingerprint density at radius 2 is 1.97 bits per heavy atom. The van der Waals surface area contributed by atoms with E-state index in [4.69, 9.17) is 9.72 Å². The van der Waals surface area contributed by atoms with Gasteiger partial charge < -0.3 is 10.1 Å². The van der Waals surface area contributed by atoms with Gasteiger partial charge in [0, 0.05) is 16.3 Å². The number of hydrogen-bond donors (Lipinski definition) is 1. The van der Waals surface area contributed by atoms with Crippen molar-refractivity contribution >= 4 is 45.8 Å². The highest BCUT2D eigenvalue weighted by Crippen LogP contribution is 2.38. The van der Waals surface area contributed by atoms with Gasteiger partial charge in [-0.2, -0.15) is 0 Å². The van der Waals surface area contributed by atoms with E-state index in [9.17, 15) is 9.59 Å². The van der Waals surface area contributed by atoms with Gasteiger partial charge in [0.15, 0.2) is 6.61 Å². The second-order valence-corrected chi connectivity index (χ2v) is 8.65. The molecule has 160 valence electrons. The van der Waals surface area contributed by atoms with Crippen molar-refractivity contribution in [1.82, 2.24) is 10.3 Å². The van der Waals surface area contributed by atoms with E-state index in [0.29, 0.717) is 5.56 Å². The number of fused-ring (bicyclic) bond motifs is 2. The van der Waals surface area contributed by atoms with Crippen molar-refractivity contribution in [3.8, 4) is 0 Å². The van der Waals surface area contributed by atoms with Crippen molar-refractivity contribution in [2.45, 2.75) is 45.6 Å². The lowest BCUT2D eigenvalue weighted by atomic mass is 10.0. The molecule has 4 rings (SSSR count). The summed E-state index contributed by atoms with van der Waals surface area (Å²) in [5.41, 5.74) is 4.19. The van der Waals surface area contributed by atoms with E-state index >= 15 is 0 Å². The molecule has 1 aliphatic carbocycles. The third-order valence-electron chi connectivity index (χ3n) is 5.69. The fourth-order valence-corrected chi connectivity index (χ4v) is 4.70. The summed E-state index contributed by atoms with van der Waals surface area (Å²) in [6, 6.07) is 11.8. The molecule has 1 aliphatic rings. The highest BCUT2D eigenvalue weighted by Gasteiger charge is 2.28. The number of thiophene rings is 1. The number of aromatic nitrogens is 1. The zero-order valence-corrected chi connectivity index (χ0v) is 18.6. The molecule has 0 bridgehead atoms. The molecule has 1 amide bonds. The third-order valence-corrected chi connectivity index (χ3v) is 6.51. The number of ether oxygens (including phenoxy) is 1. The highest BCUT2D eigenvalue weighted by molar-refractivity contribution is 7.10. The maximum Gasteiger partial charge on any atom is 0.339 e. The van der Waals surface area contributed by atoms with Crippen LogP contribution in [0.3, 0.4) is 0 Å². The topological polar surface area (TPSA) is 68.3 Å². The number of pyridine rings is 1. The minimum Gasteiger partial charge on any atom is -0.452 e. The number of para-hydroxylation sites is 1. The van der Waals surface area contributed by atoms with Crippen LogP contribution in [0, 0.1) is 0 Å². The van der Waals surface area contributed by atoms with Crippen molar-refractivity contribution < 1.29 is 14.3 Å². The summed E-state index contributed by atoms with van der Waals surface area (Å²) in [6.07, 6.45) is 5.40. The van der Waals surface area contributed by atoms with Crippen molar-refractivity contribution in [3.05, 3.63) is 63.5 Å². The van der Waals surface area contributed by atoms with Gasteiger partial charge in [-0.05, 0) is 60.4 Å². The second kappa shape index (κ2) is 9.43. The first-order valence-corrected chi connectivity index (χ1v) is 11.6. The van der Waals surface area contributed by atoms with Gasteiger partial charge in [0.05, 0.1) is 16.8 Å². The zero-order chi connectivity index (χ0) is 21.8. The molecule has 1 aromatic carbocycles. The van der Waals surface area contributed by atoms with Crippen LogP contribution < -0.4 is 5.32 Å². The Morgan fingerprint density at radius 1 is 1.16 bits per heavy atom. The van der Waals surface area contributed by atoms with Crippen LogP contribution in [0.2, 0.25) is 0 Å². The van der Waals surface area contributed by atoms with Crippen molar-refractivity contribution in [3.63, 3.8) is 0 Å². The van der Waals surface area contributed by atoms with Gasteiger partial charge in [-0.1, -0.05) is 38.1 Å². The summed E-state index contributed by atoms with van der Waals surface area (Å²) in [6.45, 7) is 3.76. The lowest BCUT2D eigenvalue weighted by molar-refractivity contribution is -0.125. The van der Waals surface area contributed by atoms with Crippen LogP contribution in [0.4, 0.5) is 0 Å². The Morgan fingerprint density at radius 3 is 2.71 bits per heavy atom. The van der Waals surface area contributed by atoms with Gasteiger partial charge in [-0.15, -0.1) is 11.3 Å². The van der Waals surface area contributed by atoms with Crippen LogP contribution >= 0.6 is 11.3 Å². The molecule has 0 unspecified atom stereocenters. The second-order valence-electron chi connectivity index (χ2n) is 7.67. The molecule has 0 saturated heterocycles. The number of allylic oxidation sites excluding steroid dienone is 1. The number of carbonyl (C=O) groups excluding carboxylic acids is 2. The van der Waals surface area contributed by atoms with E-state index in [1.807, 2.05) is 49.6 Å². The van der Waals surface area contributed by atoms with E-state index < -0.39 is 5.97 Å². The predicted octanol–water partition coefficient (Wildman–Crippen LogP) is 5.24. The van der Waals surface area contributed by atoms with Crippen LogP contribution in [0.1, 0.15) is 59.6 Å². The maximum atomic E-state index is 13.1. The summed E-state index contributed by atoms with van der Waals surface area (Å²) in [7, 11) is 0. The van der Waals surface area contributed by atoms with Crippen molar-refractivity contribution in [1.29, 1.82) is 0 Å². The molecule has 2 heterocycles. The number of nitrogens with zero attached hydrogens (tertiary/aromatic N) is 1. The van der Waals surface area contributed by atoms with Crippen LogP contribution in [0.15, 0.2) is 41.8 Å². The van der Waals surface area contributed by atoms with Crippen LogP contribution in [-0.2, 0) is 16.0 Å². The number of esters is 1. The molecule has 1 N–H and O–H groups in total. The molecule has 0 fully saturated rings. The van der Waals surface area contributed by atoms with E-state index in [1.54, 1.807) is 11.3 Å². The van der Waals surface area contributed by atoms with Crippen LogP contribution in [0.25, 0.3) is 22.6 Å². The van der Waals surface area contributed by atoms with Gasteiger partial charge >= 0.3 is 5.97 Å². The summed E-state index contributed by atoms with van der Waals surface area (Å²) in [5.74, 6) is -0.734. The fourth-order valence-electron chi connectivity index (χ4n) is 4.02. The highest BCUT2D eigenvalue weighted by atomic mass is 32.1. The normalized spacial score (nSPS) is 14.2. The minimum absolute atomic E-state index is 0.0992. The number of benzene rings is 1. The molecule has 3 aromatic rings. The lowest BCUT2D eigenvalue weighted by Crippen LogP contribution is -2.37. The Bertz CT molecular complexity index is 1130. The summed E-state index contributed by atoms with van der Waals surface area (Å²) >= 11 is 1.68. The summed E-state index contributed by atoms with van der Waals surface area (Å²) < 4.78 is 5.46. The number of rotatable bonds is 7. The SMILES string of the molecule is CCC(CC)NC(=O)COC(=O)c1c2c(nc3ccccc13)C(=Cc1cccs1)CC2. The number of carbonyl (C=O) groups is 2. The molecule has 2 aromatic heterocycles. The molecule has 0 saturated carbocycles. The number of nitrogens with one attached hydrogen (secondary N) is 1. The first-order chi connectivity index (χ1) is 15.1. The quantitative estimate of drug-likeness (QED) is 0.516. The Balaban J connectivity index is 1.65. The molecular formula is C25H26N2O3S. The first kappa shape index (κ1) is 21.2. The predicted molar refractivity (Wildman–Crippen MR) is 125 cm³/mol. The molecule has 6 heteroatoms. The van der Waals surface area contributed by atoms with Gasteiger partial charge in [-0.25, -0.2) is 9.78 Å². The smallest absolute Gasteiger partial charge is 0.339 e. The van der Waals surface area contributed by atoms with Crippen LogP contribution in [-0.4, -0.2) is 29.5 Å². The molecule has 0 spiro atoms. The minimum atomic E-state index is -0.466. The fraction of sp³-hybridized carbons (Fsp3) is 0.320. The summed E-state index contributed by atoms with van der Waals surface area (Å²) in [5, 5.41) is 5.72. The molecular weight excluding hydrogens is 408 g/mol. The van der Waals surface area contributed by atoms with Crippen molar-refractivity contribution in [2.75, 3.05) is 6.61 Å². The third kappa shape index (κ3) is 4.54. The Labute approximate surface area is 186 Å². The number of amides is 1. The van der Waals surface area contributed by atoms with E-state index in [-0.39, 0.29) is 18.6 Å². The molecule has 0 radical (unpaired) electrons. The van der Waals surface area contributed by atoms with Gasteiger partial charge in [0.1, 0.15) is 0 Å². The molecule has 0 aliphatic heterocycles.